The molecular weight excluding hydrogens is 307 g/mol. The monoisotopic (exact) mass is 321 g/mol. The average Bonchev–Trinajstić information content (AvgIpc) is 2.89. The molecule has 20 heavy (non-hydrogen) atoms. The number of aliphatic hydroxyl groups is 2. The smallest absolute Gasteiger partial charge is 0.288 e. The van der Waals surface area contributed by atoms with E-state index < -0.39 is 30.4 Å². The molecule has 2 heterocycles. The standard InChI is InChI=1S/C10H14N4O5.V/c1-4(15)2-5-6(16)7(17)10(19-5)14-3-12-9(13-14)8(11)18;/h3,5-7,10,16-17H,2H2,1H3,(H2,11,18);/t5-,6?,7?,10-;/m1./s1. The van der Waals surface area contributed by atoms with Crippen LogP contribution in [-0.4, -0.2) is 55.0 Å². The van der Waals surface area contributed by atoms with Gasteiger partial charge < -0.3 is 20.7 Å². The van der Waals surface area contributed by atoms with Gasteiger partial charge in [0.25, 0.3) is 5.91 Å². The van der Waals surface area contributed by atoms with Crippen LogP contribution in [0.2, 0.25) is 0 Å². The van der Waals surface area contributed by atoms with Crippen molar-refractivity contribution in [3.63, 3.8) is 0 Å². The van der Waals surface area contributed by atoms with Crippen molar-refractivity contribution in [3.8, 4) is 0 Å². The number of aromatic nitrogens is 3. The van der Waals surface area contributed by atoms with Gasteiger partial charge in [-0.3, -0.25) is 9.59 Å². The summed E-state index contributed by atoms with van der Waals surface area (Å²) in [7, 11) is 0. The van der Waals surface area contributed by atoms with Crippen LogP contribution in [-0.2, 0) is 28.1 Å². The molecule has 1 aliphatic heterocycles. The van der Waals surface area contributed by atoms with Crippen LogP contribution in [0.15, 0.2) is 6.33 Å². The fraction of sp³-hybridized carbons (Fsp3) is 0.600. The van der Waals surface area contributed by atoms with E-state index in [1.54, 1.807) is 0 Å². The number of nitrogens with zero attached hydrogens (tertiary/aromatic N) is 3. The topological polar surface area (TPSA) is 141 Å². The van der Waals surface area contributed by atoms with Gasteiger partial charge in [-0.1, -0.05) is 0 Å². The summed E-state index contributed by atoms with van der Waals surface area (Å²) in [5.74, 6) is -1.21. The van der Waals surface area contributed by atoms with E-state index in [1.807, 2.05) is 0 Å². The van der Waals surface area contributed by atoms with Crippen molar-refractivity contribution in [1.29, 1.82) is 0 Å². The number of nitrogens with two attached hydrogens (primary N) is 1. The van der Waals surface area contributed by atoms with Crippen LogP contribution in [0.1, 0.15) is 30.2 Å². The van der Waals surface area contributed by atoms with Crippen molar-refractivity contribution in [2.75, 3.05) is 0 Å². The van der Waals surface area contributed by atoms with Crippen LogP contribution in [0.5, 0.6) is 0 Å². The van der Waals surface area contributed by atoms with Crippen LogP contribution in [0.4, 0.5) is 0 Å². The number of rotatable bonds is 4. The zero-order valence-electron chi connectivity index (χ0n) is 10.6. The molecule has 0 aliphatic carbocycles. The van der Waals surface area contributed by atoms with Gasteiger partial charge in [-0.15, -0.1) is 5.10 Å². The Kier molecular flexibility index (Phi) is 5.43. The molecule has 1 fully saturated rings. The predicted octanol–water partition coefficient (Wildman–Crippen LogP) is -2.03. The maximum atomic E-state index is 11.0. The number of carbonyl (C=O) groups is 2. The van der Waals surface area contributed by atoms with Crippen molar-refractivity contribution < 1.29 is 43.1 Å². The number of hydrogen-bond acceptors (Lipinski definition) is 7. The Morgan fingerprint density at radius 2 is 2.10 bits per heavy atom. The van der Waals surface area contributed by atoms with Crippen molar-refractivity contribution in [1.82, 2.24) is 14.8 Å². The number of aliphatic hydroxyl groups excluding tert-OH is 2. The van der Waals surface area contributed by atoms with Crippen molar-refractivity contribution >= 4 is 11.7 Å². The minimum Gasteiger partial charge on any atom is -0.388 e. The third-order valence-corrected chi connectivity index (χ3v) is 2.82. The Morgan fingerprint density at radius 3 is 2.60 bits per heavy atom. The zero-order valence-corrected chi connectivity index (χ0v) is 12.0. The fourth-order valence-corrected chi connectivity index (χ4v) is 1.91. The largest absolute Gasteiger partial charge is 0.388 e. The fourth-order valence-electron chi connectivity index (χ4n) is 1.91. The molecule has 1 amide bonds. The van der Waals surface area contributed by atoms with Crippen LogP contribution in [0.25, 0.3) is 0 Å². The van der Waals surface area contributed by atoms with Gasteiger partial charge in [0, 0.05) is 25.0 Å². The average molecular weight is 321 g/mol. The predicted molar refractivity (Wildman–Crippen MR) is 59.8 cm³/mol. The summed E-state index contributed by atoms with van der Waals surface area (Å²) in [5, 5.41) is 23.4. The van der Waals surface area contributed by atoms with Gasteiger partial charge in [0.2, 0.25) is 5.82 Å². The van der Waals surface area contributed by atoms with Gasteiger partial charge in [-0.2, -0.15) is 0 Å². The van der Waals surface area contributed by atoms with Gasteiger partial charge in [0.15, 0.2) is 6.23 Å². The van der Waals surface area contributed by atoms with E-state index in [0.29, 0.717) is 0 Å². The number of Topliss-reactive ketones (excluding diaryl/α,β-unsaturated/α-hetero) is 1. The van der Waals surface area contributed by atoms with E-state index in [-0.39, 0.29) is 36.6 Å². The molecule has 0 bridgehead atoms. The van der Waals surface area contributed by atoms with E-state index in [4.69, 9.17) is 10.5 Å². The van der Waals surface area contributed by atoms with E-state index >= 15 is 0 Å². The maximum Gasteiger partial charge on any atom is 0.288 e. The van der Waals surface area contributed by atoms with E-state index in [9.17, 15) is 19.8 Å². The first kappa shape index (κ1) is 16.8. The molecule has 109 valence electrons. The van der Waals surface area contributed by atoms with E-state index in [1.165, 1.54) is 6.92 Å². The number of ketones is 1. The zero-order chi connectivity index (χ0) is 14.2. The molecular formula is C10H14N4O5V. The Labute approximate surface area is 126 Å². The van der Waals surface area contributed by atoms with Crippen molar-refractivity contribution in [3.05, 3.63) is 12.2 Å². The van der Waals surface area contributed by atoms with Gasteiger partial charge in [0.1, 0.15) is 24.3 Å². The minimum absolute atomic E-state index is 0. The molecule has 2 rings (SSSR count). The van der Waals surface area contributed by atoms with Gasteiger partial charge >= 0.3 is 0 Å². The third-order valence-electron chi connectivity index (χ3n) is 2.82. The van der Waals surface area contributed by atoms with Crippen LogP contribution < -0.4 is 5.73 Å². The van der Waals surface area contributed by atoms with Crippen LogP contribution in [0.3, 0.4) is 0 Å². The summed E-state index contributed by atoms with van der Waals surface area (Å²) in [4.78, 5) is 25.5. The normalized spacial score (nSPS) is 28.9. The minimum atomic E-state index is -1.27. The number of hydrogen-bond donors (Lipinski definition) is 3. The summed E-state index contributed by atoms with van der Waals surface area (Å²) in [5.41, 5.74) is 5.01. The molecule has 9 nitrogen and oxygen atoms in total. The van der Waals surface area contributed by atoms with Crippen molar-refractivity contribution in [2.24, 2.45) is 5.73 Å². The summed E-state index contributed by atoms with van der Waals surface area (Å²) in [6, 6.07) is 0. The first-order valence-corrected chi connectivity index (χ1v) is 5.62. The quantitative estimate of drug-likeness (QED) is 0.581. The Bertz CT molecular complexity index is 508. The van der Waals surface area contributed by atoms with Gasteiger partial charge in [-0.25, -0.2) is 9.67 Å². The Hall–Kier alpha value is -1.26. The number of amides is 1. The third kappa shape index (κ3) is 3.25. The molecule has 1 saturated heterocycles. The summed E-state index contributed by atoms with van der Waals surface area (Å²) in [6.45, 7) is 1.36. The molecule has 10 heteroatoms. The molecule has 1 aromatic rings. The summed E-state index contributed by atoms with van der Waals surface area (Å²) < 4.78 is 6.45. The molecule has 4 N–H and O–H groups in total. The molecule has 2 unspecified atom stereocenters. The molecule has 1 radical (unpaired) electrons. The van der Waals surface area contributed by atoms with Gasteiger partial charge in [0.05, 0.1) is 6.10 Å². The number of carbonyl (C=O) groups excluding carboxylic acids is 2. The molecule has 0 spiro atoms. The molecule has 0 aromatic carbocycles. The van der Waals surface area contributed by atoms with E-state index in [0.717, 1.165) is 11.0 Å². The van der Waals surface area contributed by atoms with E-state index in [2.05, 4.69) is 10.1 Å². The van der Waals surface area contributed by atoms with Crippen LogP contribution >= 0.6 is 0 Å². The second-order valence-electron chi connectivity index (χ2n) is 4.36. The summed E-state index contributed by atoms with van der Waals surface area (Å²) in [6.07, 6.45) is -3.18. The summed E-state index contributed by atoms with van der Waals surface area (Å²) >= 11 is 0. The van der Waals surface area contributed by atoms with Gasteiger partial charge in [-0.05, 0) is 6.92 Å². The first-order chi connectivity index (χ1) is 8.90. The maximum absolute atomic E-state index is 11.0. The molecule has 4 atom stereocenters. The SMILES string of the molecule is CC(=O)C[C@H]1O[C@@H](n2cnc(C(N)=O)n2)C(O)C1O.[V]. The Balaban J connectivity index is 0.00000200. The number of primary amides is 1. The Morgan fingerprint density at radius 1 is 1.45 bits per heavy atom. The first-order valence-electron chi connectivity index (χ1n) is 5.62. The second kappa shape index (κ2) is 6.46. The molecule has 1 aliphatic rings. The van der Waals surface area contributed by atoms with Crippen molar-refractivity contribution in [2.45, 2.75) is 37.9 Å². The van der Waals surface area contributed by atoms with Crippen LogP contribution in [0, 0.1) is 0 Å². The molecule has 0 saturated carbocycles. The number of ether oxygens (including phenoxy) is 1. The molecule has 1 aromatic heterocycles. The second-order valence-corrected chi connectivity index (χ2v) is 4.36.